The van der Waals surface area contributed by atoms with E-state index in [1.165, 1.54) is 0 Å². The van der Waals surface area contributed by atoms with Gasteiger partial charge in [-0.25, -0.2) is 0 Å². The van der Waals surface area contributed by atoms with Crippen LogP contribution in [0.3, 0.4) is 0 Å². The Kier molecular flexibility index (Phi) is 4.13. The molecule has 2 amide bonds. The number of anilines is 1. The van der Waals surface area contributed by atoms with Gasteiger partial charge in [0.1, 0.15) is 11.4 Å². The highest BCUT2D eigenvalue weighted by atomic mass is 16.5. The molecule has 148 valence electrons. The van der Waals surface area contributed by atoms with E-state index >= 15 is 0 Å². The normalized spacial score (nSPS) is 29.2. The lowest BCUT2D eigenvalue weighted by Gasteiger charge is -2.23. The number of pyridine rings is 1. The molecular weight excluding hydrogens is 370 g/mol. The monoisotopic (exact) mass is 391 g/mol. The number of nitrogens with zero attached hydrogens (tertiary/aromatic N) is 2. The molecule has 7 heteroatoms. The second-order valence-electron chi connectivity index (χ2n) is 7.60. The van der Waals surface area contributed by atoms with Crippen molar-refractivity contribution < 1.29 is 19.1 Å². The van der Waals surface area contributed by atoms with Crippen LogP contribution in [0.4, 0.5) is 5.69 Å². The summed E-state index contributed by atoms with van der Waals surface area (Å²) in [5.74, 6) is -0.558. The first-order chi connectivity index (χ1) is 14.1. The number of rotatable bonds is 5. The second-order valence-corrected chi connectivity index (χ2v) is 7.60. The van der Waals surface area contributed by atoms with E-state index in [1.807, 2.05) is 48.6 Å². The number of amides is 2. The molecular formula is C22H21N3O4. The third-order valence-electron chi connectivity index (χ3n) is 6.00. The van der Waals surface area contributed by atoms with Crippen LogP contribution in [0.2, 0.25) is 0 Å². The van der Waals surface area contributed by atoms with Crippen LogP contribution in [-0.4, -0.2) is 42.2 Å². The third-order valence-corrected chi connectivity index (χ3v) is 6.00. The maximum atomic E-state index is 13.3. The van der Waals surface area contributed by atoms with Gasteiger partial charge < -0.3 is 19.7 Å². The molecule has 1 N–H and O–H groups in total. The number of benzene rings is 1. The fourth-order valence-electron chi connectivity index (χ4n) is 4.59. The van der Waals surface area contributed by atoms with Crippen LogP contribution in [0, 0.1) is 11.8 Å². The minimum absolute atomic E-state index is 0.0777. The van der Waals surface area contributed by atoms with Crippen molar-refractivity contribution in [3.8, 4) is 5.75 Å². The molecule has 3 aliphatic heterocycles. The lowest BCUT2D eigenvalue weighted by Crippen LogP contribution is -2.43. The quantitative estimate of drug-likeness (QED) is 0.785. The van der Waals surface area contributed by atoms with Gasteiger partial charge in [0.25, 0.3) is 0 Å². The second kappa shape index (κ2) is 6.70. The van der Waals surface area contributed by atoms with E-state index < -0.39 is 17.4 Å². The highest BCUT2D eigenvalue weighted by Gasteiger charge is 2.67. The largest absolute Gasteiger partial charge is 0.497 e. The number of carbonyl (C=O) groups is 2. The molecule has 2 aromatic rings. The Morgan fingerprint density at radius 3 is 2.76 bits per heavy atom. The number of nitrogens with one attached hydrogen (secondary N) is 1. The standard InChI is InChI=1S/C22H21N3O4/c1-28-16-4-2-15(3-5-16)25-13-22-9-6-17(29-22)18(19(22)21(25)27)20(26)24-12-14-7-10-23-11-8-14/h2-11,17-19H,12-13H2,1H3,(H,24,26)/t17-,18?,19-,22+/m0/s1. The SMILES string of the molecule is COc1ccc(N2C[C@@]34C=C[C@H](O3)C(C(=O)NCc3ccncc3)[C@H]4C2=O)cc1. The molecule has 0 radical (unpaired) electrons. The Morgan fingerprint density at radius 1 is 1.28 bits per heavy atom. The molecule has 2 saturated heterocycles. The summed E-state index contributed by atoms with van der Waals surface area (Å²) >= 11 is 0. The van der Waals surface area contributed by atoms with Crippen molar-refractivity contribution in [3.05, 3.63) is 66.5 Å². The summed E-state index contributed by atoms with van der Waals surface area (Å²) in [5.41, 5.74) is 0.997. The first-order valence-electron chi connectivity index (χ1n) is 9.60. The molecule has 1 aromatic carbocycles. The molecule has 2 fully saturated rings. The van der Waals surface area contributed by atoms with E-state index in [9.17, 15) is 9.59 Å². The molecule has 4 heterocycles. The summed E-state index contributed by atoms with van der Waals surface area (Å²) in [6.07, 6.45) is 6.88. The highest BCUT2D eigenvalue weighted by Crippen LogP contribution is 2.52. The van der Waals surface area contributed by atoms with Gasteiger partial charge >= 0.3 is 0 Å². The van der Waals surface area contributed by atoms with E-state index in [1.54, 1.807) is 24.4 Å². The molecule has 1 aromatic heterocycles. The van der Waals surface area contributed by atoms with Gasteiger partial charge in [-0.15, -0.1) is 0 Å². The van der Waals surface area contributed by atoms with Gasteiger partial charge in [-0.2, -0.15) is 0 Å². The minimum Gasteiger partial charge on any atom is -0.497 e. The van der Waals surface area contributed by atoms with Gasteiger partial charge in [0.2, 0.25) is 11.8 Å². The van der Waals surface area contributed by atoms with Crippen molar-refractivity contribution in [1.82, 2.24) is 10.3 Å². The van der Waals surface area contributed by atoms with Crippen molar-refractivity contribution >= 4 is 17.5 Å². The maximum absolute atomic E-state index is 13.3. The summed E-state index contributed by atoms with van der Waals surface area (Å²) in [5, 5.41) is 2.96. The predicted molar refractivity (Wildman–Crippen MR) is 105 cm³/mol. The van der Waals surface area contributed by atoms with Crippen LogP contribution >= 0.6 is 0 Å². The summed E-state index contributed by atoms with van der Waals surface area (Å²) in [6, 6.07) is 11.0. The number of fused-ring (bicyclic) bond motifs is 1. The van der Waals surface area contributed by atoms with Crippen molar-refractivity contribution in [2.75, 3.05) is 18.6 Å². The predicted octanol–water partition coefficient (Wildman–Crippen LogP) is 1.69. The number of methoxy groups -OCH3 is 1. The average Bonchev–Trinajstić information content (AvgIpc) is 3.41. The summed E-state index contributed by atoms with van der Waals surface area (Å²) in [7, 11) is 1.60. The van der Waals surface area contributed by atoms with Crippen LogP contribution < -0.4 is 15.0 Å². The zero-order valence-electron chi connectivity index (χ0n) is 15.9. The van der Waals surface area contributed by atoms with Gasteiger partial charge in [0.05, 0.1) is 31.6 Å². The van der Waals surface area contributed by atoms with Gasteiger partial charge in [-0.3, -0.25) is 14.6 Å². The average molecular weight is 391 g/mol. The Balaban J connectivity index is 1.37. The summed E-state index contributed by atoms with van der Waals surface area (Å²) < 4.78 is 11.4. The van der Waals surface area contributed by atoms with Gasteiger partial charge in [0, 0.05) is 24.6 Å². The number of ether oxygens (including phenoxy) is 2. The number of hydrogen-bond donors (Lipinski definition) is 1. The maximum Gasteiger partial charge on any atom is 0.234 e. The van der Waals surface area contributed by atoms with E-state index in [0.717, 1.165) is 17.0 Å². The Morgan fingerprint density at radius 2 is 2.03 bits per heavy atom. The minimum atomic E-state index is -0.736. The number of carbonyl (C=O) groups excluding carboxylic acids is 2. The summed E-state index contributed by atoms with van der Waals surface area (Å²) in [4.78, 5) is 32.0. The lowest BCUT2D eigenvalue weighted by atomic mass is 9.77. The molecule has 7 nitrogen and oxygen atoms in total. The molecule has 4 atom stereocenters. The molecule has 1 spiro atoms. The number of aromatic nitrogens is 1. The molecule has 1 unspecified atom stereocenters. The van der Waals surface area contributed by atoms with Crippen LogP contribution in [0.25, 0.3) is 0 Å². The first kappa shape index (κ1) is 17.9. The van der Waals surface area contributed by atoms with Gasteiger partial charge in [0.15, 0.2) is 0 Å². The first-order valence-corrected chi connectivity index (χ1v) is 9.60. The molecule has 29 heavy (non-hydrogen) atoms. The van der Waals surface area contributed by atoms with Crippen molar-refractivity contribution in [2.24, 2.45) is 11.8 Å². The number of hydrogen-bond acceptors (Lipinski definition) is 5. The van der Waals surface area contributed by atoms with Crippen molar-refractivity contribution in [2.45, 2.75) is 18.2 Å². The fourth-order valence-corrected chi connectivity index (χ4v) is 4.59. The lowest BCUT2D eigenvalue weighted by molar-refractivity contribution is -0.132. The van der Waals surface area contributed by atoms with Crippen LogP contribution in [-0.2, 0) is 20.9 Å². The van der Waals surface area contributed by atoms with Crippen LogP contribution in [0.1, 0.15) is 5.56 Å². The van der Waals surface area contributed by atoms with E-state index in [0.29, 0.717) is 13.1 Å². The van der Waals surface area contributed by atoms with Gasteiger partial charge in [-0.1, -0.05) is 12.2 Å². The van der Waals surface area contributed by atoms with Crippen molar-refractivity contribution in [1.29, 1.82) is 0 Å². The molecule has 0 aliphatic carbocycles. The molecule has 2 bridgehead atoms. The van der Waals surface area contributed by atoms with Crippen LogP contribution in [0.15, 0.2) is 60.9 Å². The smallest absolute Gasteiger partial charge is 0.234 e. The highest BCUT2D eigenvalue weighted by molar-refractivity contribution is 6.03. The van der Waals surface area contributed by atoms with Crippen molar-refractivity contribution in [3.63, 3.8) is 0 Å². The molecule has 0 saturated carbocycles. The fraction of sp³-hybridized carbons (Fsp3) is 0.318. The summed E-state index contributed by atoms with van der Waals surface area (Å²) in [6.45, 7) is 0.800. The van der Waals surface area contributed by atoms with Gasteiger partial charge in [-0.05, 0) is 42.0 Å². The van der Waals surface area contributed by atoms with E-state index in [2.05, 4.69) is 10.3 Å². The Bertz CT molecular complexity index is 975. The van der Waals surface area contributed by atoms with E-state index in [-0.39, 0.29) is 17.9 Å². The zero-order valence-corrected chi connectivity index (χ0v) is 15.9. The molecule has 5 rings (SSSR count). The Hall–Kier alpha value is -3.19. The molecule has 3 aliphatic rings. The van der Waals surface area contributed by atoms with E-state index in [4.69, 9.17) is 9.47 Å². The third kappa shape index (κ3) is 2.81. The zero-order chi connectivity index (χ0) is 20.0. The Labute approximate surface area is 168 Å². The van der Waals surface area contributed by atoms with Crippen LogP contribution in [0.5, 0.6) is 5.75 Å². The topological polar surface area (TPSA) is 80.8 Å².